The fourth-order valence-corrected chi connectivity index (χ4v) is 4.23. The average molecular weight is 427 g/mol. The average Bonchev–Trinajstić information content (AvgIpc) is 2.82. The molecule has 0 spiro atoms. The fraction of sp³-hybridized carbons (Fsp3) is 0.480. The van der Waals surface area contributed by atoms with Crippen molar-refractivity contribution in [2.75, 3.05) is 32.8 Å². The van der Waals surface area contributed by atoms with Gasteiger partial charge in [0.1, 0.15) is 11.9 Å². The second kappa shape index (κ2) is 10.6. The number of amides is 1. The largest absolute Gasteiger partial charge is 0.487 e. The van der Waals surface area contributed by atoms with Crippen molar-refractivity contribution in [2.45, 2.75) is 44.8 Å². The van der Waals surface area contributed by atoms with Crippen molar-refractivity contribution in [3.8, 4) is 11.5 Å². The molecule has 0 bridgehead atoms. The number of nitrogens with zero attached hydrogens (tertiary/aromatic N) is 2. The number of para-hydroxylation sites is 1. The molecular weight excluding hydrogens is 395 g/mol. The number of carbonyl (C=O) groups excluding carboxylic acids is 1. The van der Waals surface area contributed by atoms with Gasteiger partial charge in [-0.15, -0.1) is 0 Å². The molecule has 2 aromatic rings. The summed E-state index contributed by atoms with van der Waals surface area (Å²) >= 11 is 0. The summed E-state index contributed by atoms with van der Waals surface area (Å²) in [7, 11) is 0. The minimum Gasteiger partial charge on any atom is -0.487 e. The van der Waals surface area contributed by atoms with Crippen molar-refractivity contribution in [3.63, 3.8) is 0 Å². The zero-order valence-corrected chi connectivity index (χ0v) is 18.0. The van der Waals surface area contributed by atoms with Gasteiger partial charge in [-0.3, -0.25) is 9.69 Å². The Hall–Kier alpha value is -2.60. The lowest BCUT2D eigenvalue weighted by atomic mass is 10.1. The smallest absolute Gasteiger partial charge is 0.260 e. The number of carbonyl (C=O) groups is 1. The summed E-state index contributed by atoms with van der Waals surface area (Å²) in [6.07, 6.45) is 5.21. The van der Waals surface area contributed by atoms with Crippen molar-refractivity contribution in [3.05, 3.63) is 59.9 Å². The standard InChI is InChI=1S/C25H31FN2O3/c26-23-6-2-3-7-24(23)31-22-12-16-27(17-13-22)18-20-8-10-21(11-9-20)30-19-25(29)28-14-4-1-5-15-28/h2-3,6-11,22H,1,4-5,12-19H2. The molecule has 2 aliphatic rings. The first-order chi connectivity index (χ1) is 15.2. The Labute approximate surface area is 183 Å². The molecule has 0 aliphatic carbocycles. The van der Waals surface area contributed by atoms with Crippen LogP contribution in [0.2, 0.25) is 0 Å². The van der Waals surface area contributed by atoms with Crippen LogP contribution in [-0.4, -0.2) is 54.6 Å². The summed E-state index contributed by atoms with van der Waals surface area (Å²) < 4.78 is 25.3. The maximum absolute atomic E-state index is 13.8. The Morgan fingerprint density at radius 2 is 1.65 bits per heavy atom. The minimum atomic E-state index is -0.301. The predicted molar refractivity (Wildman–Crippen MR) is 118 cm³/mol. The Morgan fingerprint density at radius 1 is 0.935 bits per heavy atom. The first kappa shape index (κ1) is 21.6. The third kappa shape index (κ3) is 6.20. The van der Waals surface area contributed by atoms with E-state index in [9.17, 15) is 9.18 Å². The topological polar surface area (TPSA) is 42.0 Å². The lowest BCUT2D eigenvalue weighted by Crippen LogP contribution is -2.38. The number of rotatable bonds is 7. The molecule has 0 radical (unpaired) electrons. The second-order valence-corrected chi connectivity index (χ2v) is 8.40. The predicted octanol–water partition coefficient (Wildman–Crippen LogP) is 4.26. The Morgan fingerprint density at radius 3 is 2.35 bits per heavy atom. The molecule has 0 saturated carbocycles. The van der Waals surface area contributed by atoms with Crippen LogP contribution in [0.1, 0.15) is 37.7 Å². The van der Waals surface area contributed by atoms with E-state index < -0.39 is 0 Å². The summed E-state index contributed by atoms with van der Waals surface area (Å²) in [6, 6.07) is 14.6. The molecule has 2 aromatic carbocycles. The van der Waals surface area contributed by atoms with E-state index in [0.29, 0.717) is 5.75 Å². The van der Waals surface area contributed by atoms with E-state index in [2.05, 4.69) is 17.0 Å². The molecule has 6 heteroatoms. The van der Waals surface area contributed by atoms with Crippen molar-refractivity contribution in [1.29, 1.82) is 0 Å². The zero-order chi connectivity index (χ0) is 21.5. The summed E-state index contributed by atoms with van der Waals surface area (Å²) in [5, 5.41) is 0. The third-order valence-corrected chi connectivity index (χ3v) is 6.07. The van der Waals surface area contributed by atoms with E-state index in [0.717, 1.165) is 64.2 Å². The van der Waals surface area contributed by atoms with E-state index >= 15 is 0 Å². The molecule has 2 fully saturated rings. The van der Waals surface area contributed by atoms with Crippen LogP contribution in [0.15, 0.2) is 48.5 Å². The van der Waals surface area contributed by atoms with E-state index in [1.807, 2.05) is 17.0 Å². The maximum atomic E-state index is 13.8. The normalized spacial score (nSPS) is 18.0. The van der Waals surface area contributed by atoms with Gasteiger partial charge in [0, 0.05) is 32.7 Å². The van der Waals surface area contributed by atoms with Gasteiger partial charge < -0.3 is 14.4 Å². The van der Waals surface area contributed by atoms with Crippen LogP contribution >= 0.6 is 0 Å². The van der Waals surface area contributed by atoms with Crippen molar-refractivity contribution in [1.82, 2.24) is 9.80 Å². The highest BCUT2D eigenvalue weighted by Crippen LogP contribution is 2.23. The van der Waals surface area contributed by atoms with Crippen molar-refractivity contribution >= 4 is 5.91 Å². The molecule has 4 rings (SSSR count). The zero-order valence-electron chi connectivity index (χ0n) is 18.0. The van der Waals surface area contributed by atoms with Crippen LogP contribution < -0.4 is 9.47 Å². The summed E-state index contributed by atoms with van der Waals surface area (Å²) in [5.41, 5.74) is 1.21. The number of likely N-dealkylation sites (tertiary alicyclic amines) is 2. The first-order valence-corrected chi connectivity index (χ1v) is 11.3. The van der Waals surface area contributed by atoms with Gasteiger partial charge in [0.15, 0.2) is 18.2 Å². The summed E-state index contributed by atoms with van der Waals surface area (Å²) in [5.74, 6) is 0.843. The summed E-state index contributed by atoms with van der Waals surface area (Å²) in [6.45, 7) is 4.50. The van der Waals surface area contributed by atoms with Crippen LogP contribution in [0.25, 0.3) is 0 Å². The first-order valence-electron chi connectivity index (χ1n) is 11.3. The molecule has 166 valence electrons. The Bertz CT molecular complexity index is 844. The van der Waals surface area contributed by atoms with Gasteiger partial charge in [-0.25, -0.2) is 4.39 Å². The quantitative estimate of drug-likeness (QED) is 0.664. The van der Waals surface area contributed by atoms with Gasteiger partial charge in [0.05, 0.1) is 0 Å². The number of piperidine rings is 2. The fourth-order valence-electron chi connectivity index (χ4n) is 4.23. The number of halogens is 1. The molecule has 0 aromatic heterocycles. The van der Waals surface area contributed by atoms with E-state index in [-0.39, 0.29) is 24.4 Å². The SMILES string of the molecule is O=C(COc1ccc(CN2CCC(Oc3ccccc3F)CC2)cc1)N1CCCCC1. The number of hydrogen-bond acceptors (Lipinski definition) is 4. The molecule has 2 heterocycles. The molecule has 2 aliphatic heterocycles. The lowest BCUT2D eigenvalue weighted by molar-refractivity contribution is -0.134. The van der Waals surface area contributed by atoms with E-state index in [1.54, 1.807) is 18.2 Å². The molecule has 0 unspecified atom stereocenters. The molecule has 5 nitrogen and oxygen atoms in total. The van der Waals surface area contributed by atoms with Gasteiger partial charge in [-0.2, -0.15) is 0 Å². The Kier molecular flexibility index (Phi) is 7.41. The highest BCUT2D eigenvalue weighted by atomic mass is 19.1. The molecule has 0 atom stereocenters. The number of benzene rings is 2. The van der Waals surface area contributed by atoms with Gasteiger partial charge in [0.25, 0.3) is 5.91 Å². The molecule has 0 N–H and O–H groups in total. The highest BCUT2D eigenvalue weighted by molar-refractivity contribution is 5.77. The minimum absolute atomic E-state index is 0.0568. The van der Waals surface area contributed by atoms with E-state index in [4.69, 9.17) is 9.47 Å². The lowest BCUT2D eigenvalue weighted by Gasteiger charge is -2.32. The molecule has 2 saturated heterocycles. The Balaban J connectivity index is 1.19. The second-order valence-electron chi connectivity index (χ2n) is 8.40. The number of ether oxygens (including phenoxy) is 2. The summed E-state index contributed by atoms with van der Waals surface area (Å²) in [4.78, 5) is 16.5. The van der Waals surface area contributed by atoms with Gasteiger partial charge in [0.2, 0.25) is 0 Å². The highest BCUT2D eigenvalue weighted by Gasteiger charge is 2.21. The number of hydrogen-bond donors (Lipinski definition) is 0. The molecule has 31 heavy (non-hydrogen) atoms. The van der Waals surface area contributed by atoms with E-state index in [1.165, 1.54) is 18.1 Å². The molecule has 1 amide bonds. The molecular formula is C25H31FN2O3. The monoisotopic (exact) mass is 426 g/mol. The van der Waals surface area contributed by atoms with Crippen LogP contribution in [0.4, 0.5) is 4.39 Å². The van der Waals surface area contributed by atoms with Gasteiger partial charge in [-0.1, -0.05) is 24.3 Å². The maximum Gasteiger partial charge on any atom is 0.260 e. The third-order valence-electron chi connectivity index (χ3n) is 6.07. The van der Waals surface area contributed by atoms with Crippen molar-refractivity contribution < 1.29 is 18.7 Å². The van der Waals surface area contributed by atoms with Gasteiger partial charge >= 0.3 is 0 Å². The van der Waals surface area contributed by atoms with Gasteiger partial charge in [-0.05, 0) is 61.9 Å². The van der Waals surface area contributed by atoms with Crippen LogP contribution in [-0.2, 0) is 11.3 Å². The van der Waals surface area contributed by atoms with Crippen molar-refractivity contribution in [2.24, 2.45) is 0 Å². The van der Waals surface area contributed by atoms with Crippen LogP contribution in [0.3, 0.4) is 0 Å². The van der Waals surface area contributed by atoms with Crippen LogP contribution in [0, 0.1) is 5.82 Å². The van der Waals surface area contributed by atoms with Crippen LogP contribution in [0.5, 0.6) is 11.5 Å².